The minimum Gasteiger partial charge on any atom is -0.497 e. The van der Waals surface area contributed by atoms with Crippen molar-refractivity contribution in [2.45, 2.75) is 26.4 Å². The second-order valence-corrected chi connectivity index (χ2v) is 4.48. The third kappa shape index (κ3) is 2.24. The van der Waals surface area contributed by atoms with Crippen LogP contribution in [0.25, 0.3) is 11.3 Å². The number of nitrogens with zero attached hydrogens (tertiary/aromatic N) is 2. The van der Waals surface area contributed by atoms with Crippen molar-refractivity contribution >= 4 is 0 Å². The number of hydrogen-bond donors (Lipinski definition) is 1. The van der Waals surface area contributed by atoms with Gasteiger partial charge in [-0.25, -0.2) is 0 Å². The topological polar surface area (TPSA) is 53.1 Å². The van der Waals surface area contributed by atoms with E-state index in [9.17, 15) is 0 Å². The van der Waals surface area contributed by atoms with Crippen LogP contribution >= 0.6 is 0 Å². The van der Waals surface area contributed by atoms with E-state index in [1.54, 1.807) is 7.11 Å². The first-order valence-electron chi connectivity index (χ1n) is 6.08. The van der Waals surface area contributed by atoms with Crippen molar-refractivity contribution in [2.75, 3.05) is 7.11 Å². The molecule has 2 aromatic rings. The summed E-state index contributed by atoms with van der Waals surface area (Å²) in [6, 6.07) is 8.27. The monoisotopic (exact) mass is 245 g/mol. The van der Waals surface area contributed by atoms with Crippen LogP contribution in [0.1, 0.15) is 25.5 Å². The van der Waals surface area contributed by atoms with E-state index in [1.165, 1.54) is 0 Å². The maximum absolute atomic E-state index is 5.80. The van der Waals surface area contributed by atoms with Crippen LogP contribution in [-0.2, 0) is 6.54 Å². The Morgan fingerprint density at radius 1 is 1.33 bits per heavy atom. The lowest BCUT2D eigenvalue weighted by atomic mass is 10.0. The Kier molecular flexibility index (Phi) is 3.67. The van der Waals surface area contributed by atoms with Crippen molar-refractivity contribution in [1.29, 1.82) is 0 Å². The highest BCUT2D eigenvalue weighted by Crippen LogP contribution is 2.29. The van der Waals surface area contributed by atoms with Crippen LogP contribution in [0, 0.1) is 0 Å². The highest BCUT2D eigenvalue weighted by Gasteiger charge is 2.12. The molecule has 0 bridgehead atoms. The second kappa shape index (κ2) is 5.23. The Bertz CT molecular complexity index is 532. The van der Waals surface area contributed by atoms with Gasteiger partial charge in [-0.3, -0.25) is 4.68 Å². The lowest BCUT2D eigenvalue weighted by molar-refractivity contribution is 0.414. The fourth-order valence-corrected chi connectivity index (χ4v) is 2.04. The molecule has 0 saturated carbocycles. The van der Waals surface area contributed by atoms with E-state index in [0.717, 1.165) is 22.6 Å². The Balaban J connectivity index is 2.57. The van der Waals surface area contributed by atoms with Crippen LogP contribution in [0.15, 0.2) is 30.5 Å². The molecule has 1 aromatic carbocycles. The van der Waals surface area contributed by atoms with Gasteiger partial charge in [-0.2, -0.15) is 5.10 Å². The first kappa shape index (κ1) is 12.6. The summed E-state index contributed by atoms with van der Waals surface area (Å²) >= 11 is 0. The number of rotatable bonds is 4. The van der Waals surface area contributed by atoms with Gasteiger partial charge in [0, 0.05) is 24.3 Å². The molecule has 2 rings (SSSR count). The molecule has 0 aliphatic heterocycles. The molecule has 0 amide bonds. The van der Waals surface area contributed by atoms with E-state index in [-0.39, 0.29) is 0 Å². The molecule has 18 heavy (non-hydrogen) atoms. The van der Waals surface area contributed by atoms with Gasteiger partial charge in [-0.05, 0) is 37.6 Å². The fraction of sp³-hybridized carbons (Fsp3) is 0.357. The Hall–Kier alpha value is -1.81. The van der Waals surface area contributed by atoms with Crippen LogP contribution in [0.5, 0.6) is 5.75 Å². The first-order valence-corrected chi connectivity index (χ1v) is 6.08. The molecule has 1 heterocycles. The van der Waals surface area contributed by atoms with Crippen molar-refractivity contribution in [3.05, 3.63) is 36.0 Å². The summed E-state index contributed by atoms with van der Waals surface area (Å²) in [4.78, 5) is 0. The minimum absolute atomic E-state index is 0.312. The van der Waals surface area contributed by atoms with Crippen LogP contribution in [0.2, 0.25) is 0 Å². The predicted molar refractivity (Wildman–Crippen MR) is 72.5 cm³/mol. The molecule has 1 aromatic heterocycles. The molecule has 4 heteroatoms. The Morgan fingerprint density at radius 3 is 2.72 bits per heavy atom. The lowest BCUT2D eigenvalue weighted by Gasteiger charge is -2.14. The van der Waals surface area contributed by atoms with Crippen LogP contribution < -0.4 is 10.5 Å². The van der Waals surface area contributed by atoms with Crippen LogP contribution in [0.3, 0.4) is 0 Å². The van der Waals surface area contributed by atoms with E-state index in [2.05, 4.69) is 18.9 Å². The molecule has 0 fully saturated rings. The standard InChI is InChI=1S/C14H19N3O/c1-10(2)17-14(6-7-16-17)13-8-12(18-3)5-4-11(13)9-15/h4-8,10H,9,15H2,1-3H3. The number of benzene rings is 1. The lowest BCUT2D eigenvalue weighted by Crippen LogP contribution is -2.07. The summed E-state index contributed by atoms with van der Waals surface area (Å²) in [5, 5.41) is 4.36. The molecule has 4 nitrogen and oxygen atoms in total. The number of methoxy groups -OCH3 is 1. The third-order valence-electron chi connectivity index (χ3n) is 2.97. The molecule has 0 atom stereocenters. The maximum atomic E-state index is 5.80. The third-order valence-corrected chi connectivity index (χ3v) is 2.97. The highest BCUT2D eigenvalue weighted by molar-refractivity contribution is 5.66. The SMILES string of the molecule is COc1ccc(CN)c(-c2ccnn2C(C)C)c1. The van der Waals surface area contributed by atoms with Gasteiger partial charge in [0.2, 0.25) is 0 Å². The van der Waals surface area contributed by atoms with Gasteiger partial charge in [-0.1, -0.05) is 6.07 Å². The van der Waals surface area contributed by atoms with Gasteiger partial charge >= 0.3 is 0 Å². The maximum Gasteiger partial charge on any atom is 0.119 e. The zero-order chi connectivity index (χ0) is 13.1. The molecule has 0 spiro atoms. The van der Waals surface area contributed by atoms with E-state index in [4.69, 9.17) is 10.5 Å². The van der Waals surface area contributed by atoms with Crippen LogP contribution in [0.4, 0.5) is 0 Å². The minimum atomic E-state index is 0.312. The van der Waals surface area contributed by atoms with E-state index >= 15 is 0 Å². The summed E-state index contributed by atoms with van der Waals surface area (Å²) in [5.41, 5.74) is 9.06. The van der Waals surface area contributed by atoms with Gasteiger partial charge in [0.15, 0.2) is 0 Å². The number of hydrogen-bond acceptors (Lipinski definition) is 3. The molecule has 2 N–H and O–H groups in total. The fourth-order valence-electron chi connectivity index (χ4n) is 2.04. The zero-order valence-corrected chi connectivity index (χ0v) is 11.1. The van der Waals surface area contributed by atoms with Crippen molar-refractivity contribution in [3.63, 3.8) is 0 Å². The predicted octanol–water partition coefficient (Wildman–Crippen LogP) is 2.60. The van der Waals surface area contributed by atoms with E-state index < -0.39 is 0 Å². The van der Waals surface area contributed by atoms with E-state index in [1.807, 2.05) is 35.1 Å². The molecule has 0 aliphatic rings. The quantitative estimate of drug-likeness (QED) is 0.900. The summed E-state index contributed by atoms with van der Waals surface area (Å²) in [5.74, 6) is 0.832. The molecule has 0 aliphatic carbocycles. The summed E-state index contributed by atoms with van der Waals surface area (Å²) < 4.78 is 7.28. The largest absolute Gasteiger partial charge is 0.497 e. The molecular formula is C14H19N3O. The average molecular weight is 245 g/mol. The van der Waals surface area contributed by atoms with Gasteiger partial charge < -0.3 is 10.5 Å². The average Bonchev–Trinajstić information content (AvgIpc) is 2.87. The molecule has 0 unspecified atom stereocenters. The van der Waals surface area contributed by atoms with Gasteiger partial charge in [0.25, 0.3) is 0 Å². The molecule has 0 saturated heterocycles. The highest BCUT2D eigenvalue weighted by atomic mass is 16.5. The summed E-state index contributed by atoms with van der Waals surface area (Å²) in [7, 11) is 1.67. The first-order chi connectivity index (χ1) is 8.67. The molecular weight excluding hydrogens is 226 g/mol. The number of ether oxygens (including phenoxy) is 1. The van der Waals surface area contributed by atoms with Crippen molar-refractivity contribution in [2.24, 2.45) is 5.73 Å². The van der Waals surface area contributed by atoms with Gasteiger partial charge in [-0.15, -0.1) is 0 Å². The van der Waals surface area contributed by atoms with Crippen molar-refractivity contribution in [1.82, 2.24) is 9.78 Å². The Morgan fingerprint density at radius 2 is 2.11 bits per heavy atom. The van der Waals surface area contributed by atoms with E-state index in [0.29, 0.717) is 12.6 Å². The molecule has 0 radical (unpaired) electrons. The van der Waals surface area contributed by atoms with Crippen LogP contribution in [-0.4, -0.2) is 16.9 Å². The summed E-state index contributed by atoms with van der Waals surface area (Å²) in [6.07, 6.45) is 1.81. The smallest absolute Gasteiger partial charge is 0.119 e. The summed E-state index contributed by atoms with van der Waals surface area (Å²) in [6.45, 7) is 4.72. The number of nitrogens with two attached hydrogens (primary N) is 1. The van der Waals surface area contributed by atoms with Gasteiger partial charge in [0.1, 0.15) is 5.75 Å². The Labute approximate surface area is 107 Å². The zero-order valence-electron chi connectivity index (χ0n) is 11.1. The second-order valence-electron chi connectivity index (χ2n) is 4.48. The van der Waals surface area contributed by atoms with Gasteiger partial charge in [0.05, 0.1) is 12.8 Å². The van der Waals surface area contributed by atoms with Crippen molar-refractivity contribution < 1.29 is 4.74 Å². The molecule has 96 valence electrons. The number of aromatic nitrogens is 2. The van der Waals surface area contributed by atoms with Crippen molar-refractivity contribution in [3.8, 4) is 17.0 Å². The normalized spacial score (nSPS) is 10.9.